The van der Waals surface area contributed by atoms with Crippen LogP contribution in [0, 0.1) is 0 Å². The molecule has 0 saturated heterocycles. The normalized spacial score (nSPS) is 11.9. The van der Waals surface area contributed by atoms with Crippen LogP contribution in [0.5, 0.6) is 0 Å². The molecule has 0 unspecified atom stereocenters. The Morgan fingerprint density at radius 2 is 1.65 bits per heavy atom. The zero-order valence-electron chi connectivity index (χ0n) is 17.5. The lowest BCUT2D eigenvalue weighted by Crippen LogP contribution is -2.34. The number of carbonyl (C=O) groups is 1. The van der Waals surface area contributed by atoms with Gasteiger partial charge in [-0.1, -0.05) is 60.3 Å². The zero-order valence-corrected chi connectivity index (χ0v) is 18.3. The summed E-state index contributed by atoms with van der Waals surface area (Å²) in [5.41, 5.74) is 1.84. The van der Waals surface area contributed by atoms with Gasteiger partial charge in [0, 0.05) is 18.8 Å². The van der Waals surface area contributed by atoms with Gasteiger partial charge in [-0.2, -0.15) is 0 Å². The van der Waals surface area contributed by atoms with Crippen LogP contribution >= 0.6 is 11.8 Å². The van der Waals surface area contributed by atoms with E-state index in [1.165, 1.54) is 11.8 Å². The third-order valence-electron chi connectivity index (χ3n) is 5.01. The van der Waals surface area contributed by atoms with E-state index in [1.807, 2.05) is 96.1 Å². The Labute approximate surface area is 185 Å². The number of hydrogen-bond donors (Lipinski definition) is 0. The quantitative estimate of drug-likeness (QED) is 0.357. The molecule has 0 aliphatic carbocycles. The number of amides is 1. The van der Waals surface area contributed by atoms with Gasteiger partial charge in [-0.3, -0.25) is 9.36 Å². The molecule has 0 saturated carbocycles. The molecule has 158 valence electrons. The number of likely N-dealkylation sites (N-methyl/N-ethyl adjacent to an activating group) is 1. The van der Waals surface area contributed by atoms with E-state index in [0.717, 1.165) is 11.3 Å². The predicted molar refractivity (Wildman–Crippen MR) is 122 cm³/mol. The van der Waals surface area contributed by atoms with Crippen LogP contribution < -0.4 is 0 Å². The van der Waals surface area contributed by atoms with Crippen LogP contribution in [0.4, 0.5) is 0 Å². The molecule has 2 heterocycles. The van der Waals surface area contributed by atoms with Crippen molar-refractivity contribution < 1.29 is 9.21 Å². The summed E-state index contributed by atoms with van der Waals surface area (Å²) in [4.78, 5) is 15.3. The summed E-state index contributed by atoms with van der Waals surface area (Å²) >= 11 is 1.41. The second kappa shape index (κ2) is 9.66. The van der Waals surface area contributed by atoms with Crippen LogP contribution in [-0.2, 0) is 4.79 Å². The first-order chi connectivity index (χ1) is 15.2. The number of benzene rings is 2. The van der Waals surface area contributed by atoms with Crippen molar-refractivity contribution in [3.05, 3.63) is 84.6 Å². The number of aromatic nitrogens is 3. The average molecular weight is 433 g/mol. The van der Waals surface area contributed by atoms with Crippen molar-refractivity contribution in [3.63, 3.8) is 0 Å². The largest absolute Gasteiger partial charge is 0.461 e. The van der Waals surface area contributed by atoms with Crippen LogP contribution in [0.2, 0.25) is 0 Å². The van der Waals surface area contributed by atoms with E-state index in [1.54, 1.807) is 6.26 Å². The number of para-hydroxylation sites is 1. The topological polar surface area (TPSA) is 64.2 Å². The Morgan fingerprint density at radius 1 is 0.968 bits per heavy atom. The molecule has 6 nitrogen and oxygen atoms in total. The van der Waals surface area contributed by atoms with Gasteiger partial charge in [0.15, 0.2) is 10.9 Å². The number of carbonyl (C=O) groups excluding carboxylic acids is 1. The molecule has 0 fully saturated rings. The Kier molecular flexibility index (Phi) is 6.52. The number of hydrogen-bond acceptors (Lipinski definition) is 5. The molecular formula is C24H24N4O2S. The number of thioether (sulfide) groups is 1. The van der Waals surface area contributed by atoms with E-state index in [4.69, 9.17) is 4.42 Å². The van der Waals surface area contributed by atoms with Gasteiger partial charge in [-0.25, -0.2) is 0 Å². The highest BCUT2D eigenvalue weighted by Crippen LogP contribution is 2.38. The summed E-state index contributed by atoms with van der Waals surface area (Å²) in [5.74, 6) is 1.28. The van der Waals surface area contributed by atoms with Gasteiger partial charge < -0.3 is 9.32 Å². The second-order valence-electron chi connectivity index (χ2n) is 6.87. The SMILES string of the molecule is CCN(CC)C(=O)[C@H](Sc1nnc(-c2ccco2)n1-c1ccccc1)c1ccccc1. The minimum Gasteiger partial charge on any atom is -0.461 e. The first-order valence-electron chi connectivity index (χ1n) is 10.3. The van der Waals surface area contributed by atoms with Gasteiger partial charge in [-0.15, -0.1) is 10.2 Å². The first-order valence-corrected chi connectivity index (χ1v) is 11.2. The van der Waals surface area contributed by atoms with Crippen LogP contribution in [-0.4, -0.2) is 38.7 Å². The number of nitrogens with zero attached hydrogens (tertiary/aromatic N) is 4. The standard InChI is InChI=1S/C24H24N4O2S/c1-3-27(4-2)23(29)21(18-12-7-5-8-13-18)31-24-26-25-22(20-16-11-17-30-20)28(24)19-14-9-6-10-15-19/h5-17,21H,3-4H2,1-2H3/t21-/m1/s1. The van der Waals surface area contributed by atoms with Gasteiger partial charge in [0.2, 0.25) is 11.7 Å². The molecule has 2 aromatic heterocycles. The maximum atomic E-state index is 13.4. The minimum absolute atomic E-state index is 0.0587. The van der Waals surface area contributed by atoms with Gasteiger partial charge in [0.25, 0.3) is 0 Å². The minimum atomic E-state index is -0.433. The molecule has 0 radical (unpaired) electrons. The Bertz CT molecular complexity index is 1110. The van der Waals surface area contributed by atoms with E-state index < -0.39 is 5.25 Å². The maximum Gasteiger partial charge on any atom is 0.240 e. The van der Waals surface area contributed by atoms with Gasteiger partial charge in [0.05, 0.1) is 6.26 Å². The van der Waals surface area contributed by atoms with Crippen LogP contribution in [0.25, 0.3) is 17.3 Å². The van der Waals surface area contributed by atoms with Crippen molar-refractivity contribution in [2.75, 3.05) is 13.1 Å². The van der Waals surface area contributed by atoms with E-state index >= 15 is 0 Å². The van der Waals surface area contributed by atoms with Crippen molar-refractivity contribution in [3.8, 4) is 17.3 Å². The first kappa shape index (κ1) is 20.9. The molecule has 0 N–H and O–H groups in total. The highest BCUT2D eigenvalue weighted by molar-refractivity contribution is 8.00. The Balaban J connectivity index is 1.79. The summed E-state index contributed by atoms with van der Waals surface area (Å²) in [5, 5.41) is 9.05. The summed E-state index contributed by atoms with van der Waals surface area (Å²) in [7, 11) is 0. The maximum absolute atomic E-state index is 13.4. The molecule has 1 atom stereocenters. The molecule has 0 bridgehead atoms. The monoisotopic (exact) mass is 432 g/mol. The summed E-state index contributed by atoms with van der Waals surface area (Å²) < 4.78 is 7.54. The number of rotatable bonds is 8. The molecule has 31 heavy (non-hydrogen) atoms. The smallest absolute Gasteiger partial charge is 0.240 e. The summed E-state index contributed by atoms with van der Waals surface area (Å²) in [6, 6.07) is 23.4. The Hall–Kier alpha value is -3.32. The summed E-state index contributed by atoms with van der Waals surface area (Å²) in [6.45, 7) is 5.30. The molecule has 7 heteroatoms. The van der Waals surface area contributed by atoms with Crippen molar-refractivity contribution in [2.45, 2.75) is 24.3 Å². The molecule has 4 rings (SSSR count). The van der Waals surface area contributed by atoms with Crippen molar-refractivity contribution in [2.24, 2.45) is 0 Å². The number of furan rings is 1. The average Bonchev–Trinajstić information content (AvgIpc) is 3.49. The molecule has 2 aromatic carbocycles. The zero-order chi connectivity index (χ0) is 21.6. The lowest BCUT2D eigenvalue weighted by atomic mass is 10.1. The predicted octanol–water partition coefficient (Wildman–Crippen LogP) is 5.23. The van der Waals surface area contributed by atoms with Crippen molar-refractivity contribution in [1.82, 2.24) is 19.7 Å². The third-order valence-corrected chi connectivity index (χ3v) is 6.20. The highest BCUT2D eigenvalue weighted by Gasteiger charge is 2.29. The lowest BCUT2D eigenvalue weighted by Gasteiger charge is -2.25. The van der Waals surface area contributed by atoms with Crippen LogP contribution in [0.1, 0.15) is 24.7 Å². The van der Waals surface area contributed by atoms with E-state index in [2.05, 4.69) is 10.2 Å². The van der Waals surface area contributed by atoms with E-state index in [9.17, 15) is 4.79 Å². The van der Waals surface area contributed by atoms with E-state index in [0.29, 0.717) is 29.8 Å². The molecule has 4 aromatic rings. The molecule has 0 spiro atoms. The van der Waals surface area contributed by atoms with Gasteiger partial charge in [-0.05, 0) is 43.7 Å². The van der Waals surface area contributed by atoms with E-state index in [-0.39, 0.29) is 5.91 Å². The summed E-state index contributed by atoms with van der Waals surface area (Å²) in [6.07, 6.45) is 1.61. The fourth-order valence-electron chi connectivity index (χ4n) is 3.42. The molecule has 0 aliphatic rings. The Morgan fingerprint density at radius 3 is 2.26 bits per heavy atom. The van der Waals surface area contributed by atoms with Crippen LogP contribution in [0.15, 0.2) is 88.6 Å². The van der Waals surface area contributed by atoms with Crippen molar-refractivity contribution in [1.29, 1.82) is 0 Å². The molecular weight excluding hydrogens is 408 g/mol. The highest BCUT2D eigenvalue weighted by atomic mass is 32.2. The van der Waals surface area contributed by atoms with Crippen LogP contribution in [0.3, 0.4) is 0 Å². The lowest BCUT2D eigenvalue weighted by molar-refractivity contribution is -0.130. The molecule has 1 amide bonds. The molecule has 0 aliphatic heterocycles. The van der Waals surface area contributed by atoms with Gasteiger partial charge in [0.1, 0.15) is 5.25 Å². The van der Waals surface area contributed by atoms with Crippen molar-refractivity contribution >= 4 is 17.7 Å². The fourth-order valence-corrected chi connectivity index (χ4v) is 4.56. The van der Waals surface area contributed by atoms with Gasteiger partial charge >= 0.3 is 0 Å². The second-order valence-corrected chi connectivity index (χ2v) is 7.95. The fraction of sp³-hybridized carbons (Fsp3) is 0.208. The third kappa shape index (κ3) is 4.41.